The molecule has 0 bridgehead atoms. The van der Waals surface area contributed by atoms with Crippen molar-refractivity contribution in [3.63, 3.8) is 0 Å². The molecule has 1 aromatic carbocycles. The molecule has 1 saturated heterocycles. The Morgan fingerprint density at radius 1 is 1.43 bits per heavy atom. The second-order valence-corrected chi connectivity index (χ2v) is 5.24. The number of benzene rings is 1. The number of para-hydroxylation sites is 1. The standard InChI is InChI=1S/C15H20N2O4/c1-9-5-3-6-11(14(18)19)13(9)17-15(20)16-10(2)12-7-4-8-21-12/h3,5-6,10,12H,4,7-8H2,1-2H3,(H,18,19)(H2,16,17,20). The van der Waals surface area contributed by atoms with E-state index in [4.69, 9.17) is 9.84 Å². The monoisotopic (exact) mass is 292 g/mol. The summed E-state index contributed by atoms with van der Waals surface area (Å²) in [5.74, 6) is -1.07. The molecule has 2 unspecified atom stereocenters. The highest BCUT2D eigenvalue weighted by Crippen LogP contribution is 2.21. The molecule has 2 amide bonds. The zero-order chi connectivity index (χ0) is 15.4. The summed E-state index contributed by atoms with van der Waals surface area (Å²) in [5.41, 5.74) is 1.10. The molecule has 3 N–H and O–H groups in total. The van der Waals surface area contributed by atoms with Crippen LogP contribution in [0.1, 0.15) is 35.7 Å². The van der Waals surface area contributed by atoms with E-state index in [0.717, 1.165) is 19.4 Å². The fourth-order valence-electron chi connectivity index (χ4n) is 2.46. The van der Waals surface area contributed by atoms with Crippen LogP contribution in [0, 0.1) is 6.92 Å². The number of ether oxygens (including phenoxy) is 1. The van der Waals surface area contributed by atoms with Gasteiger partial charge in [-0.25, -0.2) is 9.59 Å². The lowest BCUT2D eigenvalue weighted by atomic mass is 10.1. The molecule has 2 rings (SSSR count). The van der Waals surface area contributed by atoms with Crippen LogP contribution in [0.2, 0.25) is 0 Å². The summed E-state index contributed by atoms with van der Waals surface area (Å²) < 4.78 is 5.51. The van der Waals surface area contributed by atoms with Crippen LogP contribution in [0.5, 0.6) is 0 Å². The van der Waals surface area contributed by atoms with Crippen molar-refractivity contribution in [3.8, 4) is 0 Å². The Bertz CT molecular complexity index is 538. The van der Waals surface area contributed by atoms with Gasteiger partial charge in [0.05, 0.1) is 23.4 Å². The number of anilines is 1. The van der Waals surface area contributed by atoms with Gasteiger partial charge in [-0.15, -0.1) is 0 Å². The number of carboxylic acid groups (broad SMARTS) is 1. The minimum atomic E-state index is -1.07. The molecule has 0 aliphatic carbocycles. The van der Waals surface area contributed by atoms with Gasteiger partial charge in [-0.05, 0) is 38.3 Å². The number of carbonyl (C=O) groups excluding carboxylic acids is 1. The minimum absolute atomic E-state index is 0.0200. The molecule has 1 fully saturated rings. The third-order valence-corrected chi connectivity index (χ3v) is 3.62. The van der Waals surface area contributed by atoms with Gasteiger partial charge >= 0.3 is 12.0 Å². The number of rotatable bonds is 4. The number of nitrogens with one attached hydrogen (secondary N) is 2. The summed E-state index contributed by atoms with van der Waals surface area (Å²) in [4.78, 5) is 23.2. The van der Waals surface area contributed by atoms with Crippen molar-refractivity contribution < 1.29 is 19.4 Å². The number of aromatic carboxylic acids is 1. The molecule has 1 aliphatic rings. The fraction of sp³-hybridized carbons (Fsp3) is 0.467. The van der Waals surface area contributed by atoms with E-state index in [1.54, 1.807) is 19.1 Å². The van der Waals surface area contributed by atoms with E-state index in [1.807, 2.05) is 6.92 Å². The zero-order valence-electron chi connectivity index (χ0n) is 12.2. The van der Waals surface area contributed by atoms with E-state index in [-0.39, 0.29) is 17.7 Å². The molecule has 2 atom stereocenters. The van der Waals surface area contributed by atoms with Gasteiger partial charge in [-0.1, -0.05) is 12.1 Å². The smallest absolute Gasteiger partial charge is 0.337 e. The molecule has 21 heavy (non-hydrogen) atoms. The van der Waals surface area contributed by atoms with Gasteiger partial charge in [-0.2, -0.15) is 0 Å². The summed E-state index contributed by atoms with van der Waals surface area (Å²) >= 11 is 0. The third kappa shape index (κ3) is 3.72. The maximum atomic E-state index is 12.0. The van der Waals surface area contributed by atoms with E-state index in [0.29, 0.717) is 11.3 Å². The third-order valence-electron chi connectivity index (χ3n) is 3.62. The van der Waals surface area contributed by atoms with Gasteiger partial charge in [0, 0.05) is 6.61 Å². The van der Waals surface area contributed by atoms with Crippen molar-refractivity contribution in [2.75, 3.05) is 11.9 Å². The largest absolute Gasteiger partial charge is 0.478 e. The van der Waals surface area contributed by atoms with Crippen molar-refractivity contribution in [1.29, 1.82) is 0 Å². The zero-order valence-corrected chi connectivity index (χ0v) is 12.2. The average Bonchev–Trinajstić information content (AvgIpc) is 2.94. The normalized spacial score (nSPS) is 19.0. The van der Waals surface area contributed by atoms with Crippen LogP contribution in [-0.2, 0) is 4.74 Å². The summed E-state index contributed by atoms with van der Waals surface area (Å²) in [6.45, 7) is 4.36. The van der Waals surface area contributed by atoms with E-state index < -0.39 is 12.0 Å². The topological polar surface area (TPSA) is 87.7 Å². The van der Waals surface area contributed by atoms with Gasteiger partial charge in [0.2, 0.25) is 0 Å². The van der Waals surface area contributed by atoms with Gasteiger partial charge in [0.15, 0.2) is 0 Å². The van der Waals surface area contributed by atoms with Crippen molar-refractivity contribution in [1.82, 2.24) is 5.32 Å². The van der Waals surface area contributed by atoms with Crippen molar-refractivity contribution in [2.24, 2.45) is 0 Å². The second-order valence-electron chi connectivity index (χ2n) is 5.24. The van der Waals surface area contributed by atoms with E-state index in [1.165, 1.54) is 6.07 Å². The van der Waals surface area contributed by atoms with Crippen LogP contribution in [0.3, 0.4) is 0 Å². The average molecular weight is 292 g/mol. The Balaban J connectivity index is 2.04. The van der Waals surface area contributed by atoms with Crippen LogP contribution < -0.4 is 10.6 Å². The number of aryl methyl sites for hydroxylation is 1. The lowest BCUT2D eigenvalue weighted by Gasteiger charge is -2.21. The van der Waals surface area contributed by atoms with E-state index in [2.05, 4.69) is 10.6 Å². The number of carboxylic acids is 1. The van der Waals surface area contributed by atoms with Crippen molar-refractivity contribution >= 4 is 17.7 Å². The SMILES string of the molecule is Cc1cccc(C(=O)O)c1NC(=O)NC(C)C1CCCO1. The van der Waals surface area contributed by atoms with E-state index >= 15 is 0 Å². The second kappa shape index (κ2) is 6.58. The van der Waals surface area contributed by atoms with Crippen LogP contribution in [-0.4, -0.2) is 35.9 Å². The number of hydrogen-bond acceptors (Lipinski definition) is 3. The molecule has 114 valence electrons. The molecule has 0 spiro atoms. The Morgan fingerprint density at radius 3 is 2.81 bits per heavy atom. The predicted molar refractivity (Wildman–Crippen MR) is 78.7 cm³/mol. The van der Waals surface area contributed by atoms with Crippen LogP contribution in [0.4, 0.5) is 10.5 Å². The van der Waals surface area contributed by atoms with Crippen LogP contribution in [0.25, 0.3) is 0 Å². The number of hydrogen-bond donors (Lipinski definition) is 3. The molecule has 0 saturated carbocycles. The minimum Gasteiger partial charge on any atom is -0.478 e. The molecule has 1 aliphatic heterocycles. The van der Waals surface area contributed by atoms with Gasteiger partial charge < -0.3 is 20.5 Å². The predicted octanol–water partition coefficient (Wildman–Crippen LogP) is 2.38. The first kappa shape index (κ1) is 15.3. The van der Waals surface area contributed by atoms with Gasteiger partial charge in [0.25, 0.3) is 0 Å². The fourth-order valence-corrected chi connectivity index (χ4v) is 2.46. The Labute approximate surface area is 123 Å². The highest BCUT2D eigenvalue weighted by molar-refractivity contribution is 6.01. The Morgan fingerprint density at radius 2 is 2.19 bits per heavy atom. The Kier molecular flexibility index (Phi) is 4.80. The molecular weight excluding hydrogens is 272 g/mol. The molecule has 6 nitrogen and oxygen atoms in total. The molecule has 0 aromatic heterocycles. The van der Waals surface area contributed by atoms with Gasteiger partial charge in [-0.3, -0.25) is 0 Å². The first-order valence-electron chi connectivity index (χ1n) is 7.01. The first-order chi connectivity index (χ1) is 9.99. The Hall–Kier alpha value is -2.08. The molecule has 0 radical (unpaired) electrons. The first-order valence-corrected chi connectivity index (χ1v) is 7.01. The highest BCUT2D eigenvalue weighted by Gasteiger charge is 2.24. The molecular formula is C15H20N2O4. The summed E-state index contributed by atoms with van der Waals surface area (Å²) in [5, 5.41) is 14.6. The van der Waals surface area contributed by atoms with Crippen molar-refractivity contribution in [3.05, 3.63) is 29.3 Å². The van der Waals surface area contributed by atoms with E-state index in [9.17, 15) is 9.59 Å². The summed E-state index contributed by atoms with van der Waals surface area (Å²) in [7, 11) is 0. The number of urea groups is 1. The lowest BCUT2D eigenvalue weighted by Crippen LogP contribution is -2.43. The van der Waals surface area contributed by atoms with Gasteiger partial charge in [0.1, 0.15) is 0 Å². The lowest BCUT2D eigenvalue weighted by molar-refractivity contribution is 0.0698. The number of amides is 2. The maximum absolute atomic E-state index is 12.0. The highest BCUT2D eigenvalue weighted by atomic mass is 16.5. The van der Waals surface area contributed by atoms with Crippen LogP contribution in [0.15, 0.2) is 18.2 Å². The summed E-state index contributed by atoms with van der Waals surface area (Å²) in [6, 6.07) is 4.33. The van der Waals surface area contributed by atoms with Crippen molar-refractivity contribution in [2.45, 2.75) is 38.8 Å². The quantitative estimate of drug-likeness (QED) is 0.795. The van der Waals surface area contributed by atoms with Crippen LogP contribution >= 0.6 is 0 Å². The summed E-state index contributed by atoms with van der Waals surface area (Å²) in [6.07, 6.45) is 1.94. The maximum Gasteiger partial charge on any atom is 0.337 e. The number of carbonyl (C=O) groups is 2. The molecule has 1 heterocycles. The molecule has 6 heteroatoms. The molecule has 1 aromatic rings.